The van der Waals surface area contributed by atoms with E-state index in [1.165, 1.54) is 6.92 Å². The molecule has 0 bridgehead atoms. The molecule has 2 N–H and O–H groups in total. The predicted octanol–water partition coefficient (Wildman–Crippen LogP) is 3.25. The Hall–Kier alpha value is -2.50. The third-order valence-corrected chi connectivity index (χ3v) is 3.41. The van der Waals surface area contributed by atoms with E-state index in [0.717, 1.165) is 23.4 Å². The molecule has 6 heteroatoms. The fraction of sp³-hybridized carbons (Fsp3) is 0.412. The van der Waals surface area contributed by atoms with Crippen molar-refractivity contribution in [2.45, 2.75) is 27.2 Å². The minimum absolute atomic E-state index is 0.127. The van der Waals surface area contributed by atoms with Crippen molar-refractivity contribution in [1.82, 2.24) is 10.2 Å². The van der Waals surface area contributed by atoms with Gasteiger partial charge in [0.05, 0.1) is 25.6 Å². The van der Waals surface area contributed by atoms with Crippen LogP contribution in [0.25, 0.3) is 11.3 Å². The van der Waals surface area contributed by atoms with Crippen molar-refractivity contribution in [3.05, 3.63) is 23.9 Å². The summed E-state index contributed by atoms with van der Waals surface area (Å²) < 4.78 is 10.6. The maximum absolute atomic E-state index is 11.6. The molecular formula is C17H23N3O3. The Labute approximate surface area is 136 Å². The van der Waals surface area contributed by atoms with Crippen LogP contribution in [0.15, 0.2) is 18.2 Å². The molecule has 1 aromatic carbocycles. The zero-order valence-corrected chi connectivity index (χ0v) is 14.2. The number of rotatable bonds is 6. The highest BCUT2D eigenvalue weighted by molar-refractivity contribution is 5.94. The zero-order valence-electron chi connectivity index (χ0n) is 14.2. The van der Waals surface area contributed by atoms with Crippen LogP contribution in [0.3, 0.4) is 0 Å². The lowest BCUT2D eigenvalue weighted by atomic mass is 10.0. The second kappa shape index (κ2) is 7.17. The standard InChI is InChI=1S/C17H23N3O3/c1-10(2)8-13-17(18-11(3)21)16(20-19-13)12-6-7-14(22-4)15(9-12)23-5/h6-7,9-10H,8H2,1-5H3,(H,18,21)(H,19,20). The first-order valence-electron chi connectivity index (χ1n) is 7.53. The Bertz CT molecular complexity index is 692. The molecule has 23 heavy (non-hydrogen) atoms. The number of methoxy groups -OCH3 is 2. The molecule has 1 aromatic heterocycles. The monoisotopic (exact) mass is 317 g/mol. The van der Waals surface area contributed by atoms with E-state index in [0.29, 0.717) is 23.1 Å². The van der Waals surface area contributed by atoms with Gasteiger partial charge in [-0.15, -0.1) is 0 Å². The Morgan fingerprint density at radius 3 is 2.52 bits per heavy atom. The number of ether oxygens (including phenoxy) is 2. The number of benzene rings is 1. The van der Waals surface area contributed by atoms with Gasteiger partial charge < -0.3 is 14.8 Å². The van der Waals surface area contributed by atoms with Crippen molar-refractivity contribution in [1.29, 1.82) is 0 Å². The van der Waals surface area contributed by atoms with Gasteiger partial charge in [0.25, 0.3) is 0 Å². The van der Waals surface area contributed by atoms with Crippen molar-refractivity contribution in [3.8, 4) is 22.8 Å². The predicted molar refractivity (Wildman–Crippen MR) is 90.0 cm³/mol. The highest BCUT2D eigenvalue weighted by atomic mass is 16.5. The lowest BCUT2D eigenvalue weighted by Gasteiger charge is -2.11. The summed E-state index contributed by atoms with van der Waals surface area (Å²) in [4.78, 5) is 11.6. The fourth-order valence-corrected chi connectivity index (χ4v) is 2.44. The molecule has 0 fully saturated rings. The number of amides is 1. The third-order valence-electron chi connectivity index (χ3n) is 3.41. The van der Waals surface area contributed by atoms with Crippen molar-refractivity contribution >= 4 is 11.6 Å². The van der Waals surface area contributed by atoms with Gasteiger partial charge in [-0.2, -0.15) is 5.10 Å². The fourth-order valence-electron chi connectivity index (χ4n) is 2.44. The van der Waals surface area contributed by atoms with E-state index < -0.39 is 0 Å². The van der Waals surface area contributed by atoms with E-state index >= 15 is 0 Å². The highest BCUT2D eigenvalue weighted by Crippen LogP contribution is 2.36. The van der Waals surface area contributed by atoms with Crippen LogP contribution in [0.5, 0.6) is 11.5 Å². The van der Waals surface area contributed by atoms with Crippen LogP contribution < -0.4 is 14.8 Å². The SMILES string of the molecule is COc1ccc(-c2n[nH]c(CC(C)C)c2NC(C)=O)cc1OC. The number of anilines is 1. The summed E-state index contributed by atoms with van der Waals surface area (Å²) >= 11 is 0. The molecule has 0 radical (unpaired) electrons. The summed E-state index contributed by atoms with van der Waals surface area (Å²) in [5.74, 6) is 1.58. The summed E-state index contributed by atoms with van der Waals surface area (Å²) in [6.45, 7) is 5.73. The minimum atomic E-state index is -0.127. The van der Waals surface area contributed by atoms with Gasteiger partial charge >= 0.3 is 0 Å². The Balaban J connectivity index is 2.49. The van der Waals surface area contributed by atoms with Crippen LogP contribution in [0.2, 0.25) is 0 Å². The number of carbonyl (C=O) groups excluding carboxylic acids is 1. The average molecular weight is 317 g/mol. The van der Waals surface area contributed by atoms with Gasteiger partial charge in [-0.05, 0) is 30.5 Å². The maximum atomic E-state index is 11.6. The molecule has 0 unspecified atom stereocenters. The summed E-state index contributed by atoms with van der Waals surface area (Å²) in [6, 6.07) is 5.56. The average Bonchev–Trinajstić information content (AvgIpc) is 2.88. The van der Waals surface area contributed by atoms with Gasteiger partial charge in [0.2, 0.25) is 5.91 Å². The minimum Gasteiger partial charge on any atom is -0.493 e. The molecule has 124 valence electrons. The first-order chi connectivity index (χ1) is 11.0. The van der Waals surface area contributed by atoms with Crippen LogP contribution >= 0.6 is 0 Å². The lowest BCUT2D eigenvalue weighted by Crippen LogP contribution is -2.09. The van der Waals surface area contributed by atoms with Gasteiger partial charge in [-0.3, -0.25) is 9.89 Å². The van der Waals surface area contributed by atoms with E-state index in [1.54, 1.807) is 14.2 Å². The number of aromatic amines is 1. The highest BCUT2D eigenvalue weighted by Gasteiger charge is 2.18. The third kappa shape index (κ3) is 3.83. The molecule has 0 atom stereocenters. The molecule has 0 aliphatic heterocycles. The number of nitrogens with zero attached hydrogens (tertiary/aromatic N) is 1. The van der Waals surface area contributed by atoms with Gasteiger partial charge in [0.15, 0.2) is 11.5 Å². The van der Waals surface area contributed by atoms with Crippen molar-refractivity contribution in [2.75, 3.05) is 19.5 Å². The summed E-state index contributed by atoms with van der Waals surface area (Å²) in [5.41, 5.74) is 3.17. The zero-order chi connectivity index (χ0) is 17.0. The van der Waals surface area contributed by atoms with Crippen molar-refractivity contribution < 1.29 is 14.3 Å². The topological polar surface area (TPSA) is 76.2 Å². The molecule has 0 spiro atoms. The molecule has 0 saturated carbocycles. The van der Waals surface area contributed by atoms with Gasteiger partial charge in [0, 0.05) is 12.5 Å². The quantitative estimate of drug-likeness (QED) is 0.857. The number of H-pyrrole nitrogens is 1. The van der Waals surface area contributed by atoms with Crippen molar-refractivity contribution in [3.63, 3.8) is 0 Å². The van der Waals surface area contributed by atoms with Gasteiger partial charge in [0.1, 0.15) is 5.69 Å². The largest absolute Gasteiger partial charge is 0.493 e. The van der Waals surface area contributed by atoms with Crippen molar-refractivity contribution in [2.24, 2.45) is 5.92 Å². The van der Waals surface area contributed by atoms with E-state index in [4.69, 9.17) is 9.47 Å². The molecule has 2 rings (SSSR count). The molecule has 6 nitrogen and oxygen atoms in total. The lowest BCUT2D eigenvalue weighted by molar-refractivity contribution is -0.114. The van der Waals surface area contributed by atoms with Crippen LogP contribution in [0.4, 0.5) is 5.69 Å². The van der Waals surface area contributed by atoms with E-state index in [1.807, 2.05) is 18.2 Å². The van der Waals surface area contributed by atoms with Crippen LogP contribution in [0.1, 0.15) is 26.5 Å². The normalized spacial score (nSPS) is 10.7. The summed E-state index contributed by atoms with van der Waals surface area (Å²) in [7, 11) is 3.18. The number of hydrogen-bond acceptors (Lipinski definition) is 4. The van der Waals surface area contributed by atoms with Crippen LogP contribution in [-0.2, 0) is 11.2 Å². The Morgan fingerprint density at radius 1 is 1.26 bits per heavy atom. The molecule has 2 aromatic rings. The molecular weight excluding hydrogens is 294 g/mol. The number of carbonyl (C=O) groups is 1. The molecule has 0 saturated heterocycles. The van der Waals surface area contributed by atoms with E-state index in [2.05, 4.69) is 29.4 Å². The molecule has 1 amide bonds. The molecule has 1 heterocycles. The maximum Gasteiger partial charge on any atom is 0.221 e. The second-order valence-electron chi connectivity index (χ2n) is 5.77. The number of hydrogen-bond donors (Lipinski definition) is 2. The Morgan fingerprint density at radius 2 is 1.96 bits per heavy atom. The number of nitrogens with one attached hydrogen (secondary N) is 2. The molecule has 0 aliphatic rings. The smallest absolute Gasteiger partial charge is 0.221 e. The van der Waals surface area contributed by atoms with Crippen LogP contribution in [0, 0.1) is 5.92 Å². The van der Waals surface area contributed by atoms with Gasteiger partial charge in [-0.1, -0.05) is 13.8 Å². The molecule has 0 aliphatic carbocycles. The van der Waals surface area contributed by atoms with E-state index in [9.17, 15) is 4.79 Å². The van der Waals surface area contributed by atoms with Crippen LogP contribution in [-0.4, -0.2) is 30.3 Å². The second-order valence-corrected chi connectivity index (χ2v) is 5.77. The Kier molecular flexibility index (Phi) is 5.26. The van der Waals surface area contributed by atoms with Gasteiger partial charge in [-0.25, -0.2) is 0 Å². The summed E-state index contributed by atoms with van der Waals surface area (Å²) in [6.07, 6.45) is 0.801. The first-order valence-corrected chi connectivity index (χ1v) is 7.53. The van der Waals surface area contributed by atoms with E-state index in [-0.39, 0.29) is 5.91 Å². The first kappa shape index (κ1) is 16.9. The number of aromatic nitrogens is 2. The summed E-state index contributed by atoms with van der Waals surface area (Å²) in [5, 5.41) is 10.3.